The third-order valence-electron chi connectivity index (χ3n) is 6.37. The van der Waals surface area contributed by atoms with Gasteiger partial charge in [0.15, 0.2) is 0 Å². The van der Waals surface area contributed by atoms with Gasteiger partial charge in [-0.3, -0.25) is 10.1 Å². The van der Waals surface area contributed by atoms with Gasteiger partial charge in [-0.2, -0.15) is 4.31 Å². The van der Waals surface area contributed by atoms with E-state index in [1.54, 1.807) is 6.26 Å². The first-order valence-corrected chi connectivity index (χ1v) is 15.5. The third kappa shape index (κ3) is 8.96. The van der Waals surface area contributed by atoms with Gasteiger partial charge in [0, 0.05) is 43.6 Å². The normalized spacial score (nSPS) is 17.0. The third-order valence-corrected chi connectivity index (χ3v) is 8.78. The number of urea groups is 1. The molecule has 0 aliphatic carbocycles. The van der Waals surface area contributed by atoms with Crippen molar-refractivity contribution >= 4 is 33.7 Å². The SMILES string of the molecule is CCC(F)(F)c1ccc(CNC(=O)[C@H]2CN(C(=O)N/C(N)=C/SC)CCN2S(=O)(=O)c2ccc(OC(F)(F)F)cc2)cc1. The van der Waals surface area contributed by atoms with Crippen molar-refractivity contribution < 1.29 is 44.7 Å². The number of alkyl halides is 5. The number of amides is 3. The predicted octanol–water partition coefficient (Wildman–Crippen LogP) is 3.91. The van der Waals surface area contributed by atoms with E-state index < -0.39 is 57.4 Å². The lowest BCUT2D eigenvalue weighted by Crippen LogP contribution is -2.62. The second-order valence-corrected chi connectivity index (χ2v) is 11.9. The fourth-order valence-electron chi connectivity index (χ4n) is 4.14. The number of thioether (sulfide) groups is 1. The van der Waals surface area contributed by atoms with Gasteiger partial charge in [-0.25, -0.2) is 22.0 Å². The monoisotopic (exact) mass is 651 g/mol. The molecule has 1 atom stereocenters. The van der Waals surface area contributed by atoms with Crippen LogP contribution in [-0.2, 0) is 27.3 Å². The number of carbonyl (C=O) groups excluding carboxylic acids is 2. The molecule has 3 rings (SSSR count). The van der Waals surface area contributed by atoms with Crippen LogP contribution in [0.25, 0.3) is 0 Å². The van der Waals surface area contributed by atoms with Gasteiger partial charge >= 0.3 is 12.4 Å². The van der Waals surface area contributed by atoms with Crippen molar-refractivity contribution in [1.29, 1.82) is 0 Å². The van der Waals surface area contributed by atoms with Crippen LogP contribution in [0.1, 0.15) is 24.5 Å². The van der Waals surface area contributed by atoms with E-state index in [0.717, 1.165) is 28.6 Å². The Labute approximate surface area is 249 Å². The van der Waals surface area contributed by atoms with Crippen LogP contribution in [-0.4, -0.2) is 67.9 Å². The van der Waals surface area contributed by atoms with Gasteiger partial charge < -0.3 is 20.7 Å². The van der Waals surface area contributed by atoms with E-state index in [1.165, 1.54) is 53.3 Å². The number of piperazine rings is 1. The summed E-state index contributed by atoms with van der Waals surface area (Å²) in [4.78, 5) is 26.9. The smallest absolute Gasteiger partial charge is 0.406 e. The van der Waals surface area contributed by atoms with Gasteiger partial charge in [-0.1, -0.05) is 31.2 Å². The Bertz CT molecular complexity index is 1420. The number of halogens is 5. The number of nitrogens with one attached hydrogen (secondary N) is 2. The first-order valence-electron chi connectivity index (χ1n) is 12.7. The molecule has 1 saturated heterocycles. The summed E-state index contributed by atoms with van der Waals surface area (Å²) in [6.45, 7) is 0.353. The van der Waals surface area contributed by atoms with Gasteiger partial charge in [0.1, 0.15) is 17.6 Å². The van der Waals surface area contributed by atoms with Crippen LogP contribution in [0, 0.1) is 0 Å². The first kappa shape index (κ1) is 33.9. The van der Waals surface area contributed by atoms with Crippen LogP contribution in [0.15, 0.2) is 64.7 Å². The lowest BCUT2D eigenvalue weighted by molar-refractivity contribution is -0.274. The van der Waals surface area contributed by atoms with Crippen molar-refractivity contribution in [1.82, 2.24) is 19.8 Å². The molecule has 2 aromatic rings. The number of benzene rings is 2. The van der Waals surface area contributed by atoms with Gasteiger partial charge in [-0.05, 0) is 36.1 Å². The summed E-state index contributed by atoms with van der Waals surface area (Å²) in [6.07, 6.45) is -3.66. The molecular weight excluding hydrogens is 621 g/mol. The summed E-state index contributed by atoms with van der Waals surface area (Å²) < 4.78 is 97.2. The summed E-state index contributed by atoms with van der Waals surface area (Å²) in [5.74, 6) is -4.42. The standard InChI is InChI=1S/C26H30F5N5O5S2/c1-3-25(27,28)18-6-4-17(5-7-18)14-33-23(37)21-15-35(24(38)34-22(32)16-42-2)12-13-36(21)43(39,40)20-10-8-19(9-11-20)41-26(29,30)31/h4-11,16,21H,3,12-15,32H2,1-2H3,(H,33,37)(H,34,38)/b22-16+/t21-/m1/s1. The second-order valence-electron chi connectivity index (χ2n) is 9.31. The Morgan fingerprint density at radius 1 is 1.07 bits per heavy atom. The molecule has 1 heterocycles. The molecule has 1 aliphatic heterocycles. The van der Waals surface area contributed by atoms with E-state index in [1.807, 2.05) is 0 Å². The zero-order valence-electron chi connectivity index (χ0n) is 23.0. The molecule has 0 bridgehead atoms. The molecule has 236 valence electrons. The number of nitrogens with zero attached hydrogens (tertiary/aromatic N) is 2. The van der Waals surface area contributed by atoms with Crippen molar-refractivity contribution in [3.05, 3.63) is 70.9 Å². The molecule has 0 unspecified atom stereocenters. The van der Waals surface area contributed by atoms with Gasteiger partial charge in [-0.15, -0.1) is 24.9 Å². The van der Waals surface area contributed by atoms with Crippen LogP contribution >= 0.6 is 11.8 Å². The highest BCUT2D eigenvalue weighted by Crippen LogP contribution is 2.31. The summed E-state index contributed by atoms with van der Waals surface area (Å²) >= 11 is 1.23. The van der Waals surface area contributed by atoms with Crippen LogP contribution in [0.3, 0.4) is 0 Å². The fourth-order valence-corrected chi connectivity index (χ4v) is 6.02. The Kier molecular flexibility index (Phi) is 10.9. The molecule has 2 aromatic carbocycles. The average Bonchev–Trinajstić information content (AvgIpc) is 2.95. The van der Waals surface area contributed by atoms with Crippen LogP contribution in [0.4, 0.5) is 26.7 Å². The van der Waals surface area contributed by atoms with Crippen molar-refractivity contribution in [2.75, 3.05) is 25.9 Å². The minimum absolute atomic E-state index is 0.0341. The molecule has 1 aliphatic rings. The Morgan fingerprint density at radius 2 is 1.70 bits per heavy atom. The number of carbonyl (C=O) groups is 2. The number of hydrogen-bond acceptors (Lipinski definition) is 7. The van der Waals surface area contributed by atoms with E-state index in [9.17, 15) is 40.0 Å². The highest BCUT2D eigenvalue weighted by atomic mass is 32.2. The maximum atomic E-state index is 13.9. The van der Waals surface area contributed by atoms with Gasteiger partial charge in [0.05, 0.1) is 4.90 Å². The van der Waals surface area contributed by atoms with E-state index >= 15 is 0 Å². The quantitative estimate of drug-likeness (QED) is 0.332. The highest BCUT2D eigenvalue weighted by molar-refractivity contribution is 8.01. The Balaban J connectivity index is 1.84. The zero-order valence-corrected chi connectivity index (χ0v) is 24.7. The van der Waals surface area contributed by atoms with Crippen LogP contribution in [0.2, 0.25) is 0 Å². The van der Waals surface area contributed by atoms with Crippen molar-refractivity contribution in [2.24, 2.45) is 5.73 Å². The summed E-state index contributed by atoms with van der Waals surface area (Å²) in [5, 5.41) is 6.48. The number of hydrogen-bond donors (Lipinski definition) is 3. The molecular formula is C26H30F5N5O5S2. The van der Waals surface area contributed by atoms with Crippen molar-refractivity contribution in [2.45, 2.75) is 43.1 Å². The van der Waals surface area contributed by atoms with Crippen LogP contribution in [0.5, 0.6) is 5.75 Å². The number of ether oxygens (including phenoxy) is 1. The van der Waals surface area contributed by atoms with Gasteiger partial charge in [0.2, 0.25) is 15.9 Å². The second kappa shape index (κ2) is 13.8. The van der Waals surface area contributed by atoms with Crippen molar-refractivity contribution in [3.63, 3.8) is 0 Å². The maximum Gasteiger partial charge on any atom is 0.573 e. The van der Waals surface area contributed by atoms with Crippen molar-refractivity contribution in [3.8, 4) is 5.75 Å². The molecule has 10 nitrogen and oxygen atoms in total. The zero-order chi connectivity index (χ0) is 32.0. The van der Waals surface area contributed by atoms with E-state index in [-0.39, 0.29) is 37.6 Å². The minimum Gasteiger partial charge on any atom is -0.406 e. The molecule has 3 amide bonds. The average molecular weight is 652 g/mol. The molecule has 0 spiro atoms. The molecule has 0 radical (unpaired) electrons. The Morgan fingerprint density at radius 3 is 2.26 bits per heavy atom. The maximum absolute atomic E-state index is 13.9. The lowest BCUT2D eigenvalue weighted by atomic mass is 10.0. The highest BCUT2D eigenvalue weighted by Gasteiger charge is 2.41. The minimum atomic E-state index is -4.98. The number of sulfonamides is 1. The molecule has 17 heteroatoms. The fraction of sp³-hybridized carbons (Fsp3) is 0.385. The topological polar surface area (TPSA) is 134 Å². The molecule has 1 fully saturated rings. The summed E-state index contributed by atoms with van der Waals surface area (Å²) in [6, 6.07) is 6.60. The Hall–Kier alpha value is -3.57. The molecule has 4 N–H and O–H groups in total. The van der Waals surface area contributed by atoms with E-state index in [0.29, 0.717) is 5.56 Å². The molecule has 43 heavy (non-hydrogen) atoms. The number of rotatable bonds is 10. The summed E-state index contributed by atoms with van der Waals surface area (Å²) in [7, 11) is -4.45. The first-order chi connectivity index (χ1) is 20.1. The van der Waals surface area contributed by atoms with E-state index in [2.05, 4.69) is 15.4 Å². The number of nitrogens with two attached hydrogens (primary N) is 1. The van der Waals surface area contributed by atoms with E-state index in [4.69, 9.17) is 5.73 Å². The van der Waals surface area contributed by atoms with Crippen LogP contribution < -0.4 is 21.1 Å². The summed E-state index contributed by atoms with van der Waals surface area (Å²) in [5.41, 5.74) is 6.00. The largest absolute Gasteiger partial charge is 0.573 e. The van der Waals surface area contributed by atoms with Gasteiger partial charge in [0.25, 0.3) is 5.92 Å². The molecule has 0 saturated carbocycles. The lowest BCUT2D eigenvalue weighted by Gasteiger charge is -2.39. The predicted molar refractivity (Wildman–Crippen MR) is 149 cm³/mol. The molecule has 0 aromatic heterocycles.